The zero-order valence-corrected chi connectivity index (χ0v) is 17.1. The van der Waals surface area contributed by atoms with Gasteiger partial charge in [-0.3, -0.25) is 4.90 Å². The van der Waals surface area contributed by atoms with Crippen molar-refractivity contribution >= 4 is 10.0 Å². The molecule has 2 aromatic carbocycles. The summed E-state index contributed by atoms with van der Waals surface area (Å²) in [6, 6.07) is 10.2. The number of nitrogens with zero attached hydrogens (tertiary/aromatic N) is 6. The van der Waals surface area contributed by atoms with E-state index in [1.165, 1.54) is 15.1 Å². The van der Waals surface area contributed by atoms with Gasteiger partial charge in [-0.2, -0.15) is 8.99 Å². The Morgan fingerprint density at radius 1 is 0.967 bits per heavy atom. The minimum absolute atomic E-state index is 0.281. The topological polar surface area (TPSA) is 84.2 Å². The van der Waals surface area contributed by atoms with E-state index in [2.05, 4.69) is 15.5 Å². The molecule has 0 saturated carbocycles. The molecule has 0 spiro atoms. The molecular weight excluding hydrogens is 414 g/mol. The third-order valence-corrected chi connectivity index (χ3v) is 6.95. The van der Waals surface area contributed by atoms with Crippen LogP contribution in [0.5, 0.6) is 0 Å². The second-order valence-electron chi connectivity index (χ2n) is 7.10. The van der Waals surface area contributed by atoms with E-state index in [0.29, 0.717) is 44.2 Å². The number of piperazine rings is 1. The normalized spacial score (nSPS) is 16.1. The van der Waals surface area contributed by atoms with Gasteiger partial charge in [0.1, 0.15) is 0 Å². The number of rotatable bonds is 5. The van der Waals surface area contributed by atoms with Crippen LogP contribution in [0, 0.1) is 18.6 Å². The van der Waals surface area contributed by atoms with Gasteiger partial charge in [-0.05, 0) is 41.6 Å². The summed E-state index contributed by atoms with van der Waals surface area (Å²) in [4.78, 5) is 2.30. The fraction of sp³-hybridized carbons (Fsp3) is 0.316. The molecule has 8 nitrogen and oxygen atoms in total. The zero-order chi connectivity index (χ0) is 21.3. The molecule has 0 amide bonds. The predicted octanol–water partition coefficient (Wildman–Crippen LogP) is 1.76. The van der Waals surface area contributed by atoms with Crippen molar-refractivity contribution in [2.24, 2.45) is 0 Å². The van der Waals surface area contributed by atoms with E-state index in [1.807, 2.05) is 11.8 Å². The van der Waals surface area contributed by atoms with Gasteiger partial charge in [-0.15, -0.1) is 5.10 Å². The maximum atomic E-state index is 13.5. The average molecular weight is 434 g/mol. The molecule has 2 heterocycles. The van der Waals surface area contributed by atoms with Crippen molar-refractivity contribution in [1.29, 1.82) is 0 Å². The molecule has 3 aromatic rings. The van der Waals surface area contributed by atoms with Crippen molar-refractivity contribution in [1.82, 2.24) is 29.4 Å². The van der Waals surface area contributed by atoms with E-state index in [9.17, 15) is 17.2 Å². The van der Waals surface area contributed by atoms with Crippen LogP contribution in [0.15, 0.2) is 47.4 Å². The SMILES string of the molecule is Cc1ccc(S(=O)(=O)N2CCN(Cc3nnnn3-c3ccc(F)c(F)c3)CC2)cc1. The number of hydrogen-bond donors (Lipinski definition) is 0. The summed E-state index contributed by atoms with van der Waals surface area (Å²) >= 11 is 0. The van der Waals surface area contributed by atoms with Crippen LogP contribution in [-0.2, 0) is 16.6 Å². The molecule has 1 aliphatic heterocycles. The lowest BCUT2D eigenvalue weighted by Crippen LogP contribution is -2.48. The summed E-state index contributed by atoms with van der Waals surface area (Å²) in [6.45, 7) is 3.92. The number of hydrogen-bond acceptors (Lipinski definition) is 6. The van der Waals surface area contributed by atoms with Gasteiger partial charge in [0, 0.05) is 32.2 Å². The third kappa shape index (κ3) is 4.09. The highest BCUT2D eigenvalue weighted by molar-refractivity contribution is 7.89. The van der Waals surface area contributed by atoms with Gasteiger partial charge in [0.25, 0.3) is 0 Å². The van der Waals surface area contributed by atoms with Gasteiger partial charge < -0.3 is 0 Å². The lowest BCUT2D eigenvalue weighted by Gasteiger charge is -2.33. The smallest absolute Gasteiger partial charge is 0.243 e. The van der Waals surface area contributed by atoms with Crippen LogP contribution in [0.25, 0.3) is 5.69 Å². The van der Waals surface area contributed by atoms with Crippen molar-refractivity contribution in [3.8, 4) is 5.69 Å². The molecule has 0 atom stereocenters. The Hall–Kier alpha value is -2.76. The van der Waals surface area contributed by atoms with Gasteiger partial charge >= 0.3 is 0 Å². The Bertz CT molecular complexity index is 1140. The summed E-state index contributed by atoms with van der Waals surface area (Å²) in [5, 5.41) is 11.5. The van der Waals surface area contributed by atoms with Gasteiger partial charge in [0.05, 0.1) is 17.1 Å². The molecule has 0 bridgehead atoms. The third-order valence-electron chi connectivity index (χ3n) is 5.04. The first kappa shape index (κ1) is 20.5. The summed E-state index contributed by atoms with van der Waals surface area (Å²) in [5.41, 5.74) is 1.31. The fourth-order valence-corrected chi connectivity index (χ4v) is 4.73. The molecular formula is C19H20F2N6O2S. The molecule has 1 saturated heterocycles. The van der Waals surface area contributed by atoms with Crippen LogP contribution in [0.3, 0.4) is 0 Å². The Kier molecular flexibility index (Phi) is 5.58. The maximum absolute atomic E-state index is 13.5. The Morgan fingerprint density at radius 3 is 2.33 bits per heavy atom. The number of aromatic nitrogens is 4. The van der Waals surface area contributed by atoms with Gasteiger partial charge in [-0.1, -0.05) is 17.7 Å². The first-order chi connectivity index (χ1) is 14.3. The molecule has 11 heteroatoms. The lowest BCUT2D eigenvalue weighted by molar-refractivity contribution is 0.177. The molecule has 0 radical (unpaired) electrons. The molecule has 1 fully saturated rings. The molecule has 1 aromatic heterocycles. The quantitative estimate of drug-likeness (QED) is 0.609. The van der Waals surface area contributed by atoms with Crippen molar-refractivity contribution in [3.63, 3.8) is 0 Å². The Labute approximate surface area is 172 Å². The first-order valence-electron chi connectivity index (χ1n) is 9.36. The van der Waals surface area contributed by atoms with E-state index >= 15 is 0 Å². The lowest BCUT2D eigenvalue weighted by atomic mass is 10.2. The summed E-state index contributed by atoms with van der Waals surface area (Å²) < 4.78 is 55.2. The number of halogens is 2. The van der Waals surface area contributed by atoms with Gasteiger partial charge in [-0.25, -0.2) is 17.2 Å². The van der Waals surface area contributed by atoms with Crippen LogP contribution < -0.4 is 0 Å². The van der Waals surface area contributed by atoms with Crippen molar-refractivity contribution in [2.45, 2.75) is 18.4 Å². The minimum atomic E-state index is -3.54. The number of aryl methyl sites for hydroxylation is 1. The summed E-state index contributed by atoms with van der Waals surface area (Å²) in [7, 11) is -3.54. The minimum Gasteiger partial charge on any atom is -0.293 e. The Balaban J connectivity index is 1.43. The van der Waals surface area contributed by atoms with Crippen molar-refractivity contribution in [2.75, 3.05) is 26.2 Å². The number of benzene rings is 2. The highest BCUT2D eigenvalue weighted by Crippen LogP contribution is 2.19. The van der Waals surface area contributed by atoms with Gasteiger partial charge in [0.15, 0.2) is 17.5 Å². The monoisotopic (exact) mass is 434 g/mol. The zero-order valence-electron chi connectivity index (χ0n) is 16.2. The number of sulfonamides is 1. The van der Waals surface area contributed by atoms with E-state index in [4.69, 9.17) is 0 Å². The predicted molar refractivity (Wildman–Crippen MR) is 104 cm³/mol. The average Bonchev–Trinajstić information content (AvgIpc) is 3.19. The molecule has 4 rings (SSSR count). The van der Waals surface area contributed by atoms with Gasteiger partial charge in [0.2, 0.25) is 10.0 Å². The molecule has 30 heavy (non-hydrogen) atoms. The van der Waals surface area contributed by atoms with E-state index in [0.717, 1.165) is 17.7 Å². The van der Waals surface area contributed by atoms with E-state index in [-0.39, 0.29) is 4.90 Å². The van der Waals surface area contributed by atoms with Crippen LogP contribution in [0.1, 0.15) is 11.4 Å². The largest absolute Gasteiger partial charge is 0.293 e. The van der Waals surface area contributed by atoms with Crippen LogP contribution in [0.4, 0.5) is 8.78 Å². The van der Waals surface area contributed by atoms with E-state index in [1.54, 1.807) is 24.3 Å². The highest BCUT2D eigenvalue weighted by atomic mass is 32.2. The second-order valence-corrected chi connectivity index (χ2v) is 9.04. The summed E-state index contributed by atoms with van der Waals surface area (Å²) in [6.07, 6.45) is 0. The molecule has 0 aliphatic carbocycles. The second kappa shape index (κ2) is 8.17. The summed E-state index contributed by atoms with van der Waals surface area (Å²) in [5.74, 6) is -1.47. The van der Waals surface area contributed by atoms with Crippen LogP contribution >= 0.6 is 0 Å². The van der Waals surface area contributed by atoms with E-state index < -0.39 is 21.7 Å². The first-order valence-corrected chi connectivity index (χ1v) is 10.8. The molecule has 0 unspecified atom stereocenters. The molecule has 1 aliphatic rings. The van der Waals surface area contributed by atoms with Crippen LogP contribution in [0.2, 0.25) is 0 Å². The van der Waals surface area contributed by atoms with Crippen LogP contribution in [-0.4, -0.2) is 64.0 Å². The highest BCUT2D eigenvalue weighted by Gasteiger charge is 2.29. The standard InChI is InChI=1S/C19H20F2N6O2S/c1-14-2-5-16(6-3-14)30(28,29)26-10-8-25(9-11-26)13-19-22-23-24-27(19)15-4-7-17(20)18(21)12-15/h2-7,12H,8-11,13H2,1H3. The molecule has 0 N–H and O–H groups in total. The number of tetrazole rings is 1. The maximum Gasteiger partial charge on any atom is 0.243 e. The molecule has 158 valence electrons. The van der Waals surface area contributed by atoms with Crippen molar-refractivity contribution < 1.29 is 17.2 Å². The fourth-order valence-electron chi connectivity index (χ4n) is 3.31. The Morgan fingerprint density at radius 2 is 1.67 bits per heavy atom. The van der Waals surface area contributed by atoms with Crippen molar-refractivity contribution in [3.05, 3.63) is 65.5 Å².